The van der Waals surface area contributed by atoms with Gasteiger partial charge in [0.25, 0.3) is 0 Å². The summed E-state index contributed by atoms with van der Waals surface area (Å²) in [4.78, 5) is 22.3. The van der Waals surface area contributed by atoms with Crippen molar-refractivity contribution in [2.45, 2.75) is 57.5 Å². The number of rotatable bonds is 21. The van der Waals surface area contributed by atoms with Gasteiger partial charge in [-0.25, -0.2) is 0 Å². The molecule has 1 saturated heterocycles. The number of unbranched alkanes of at least 4 members (excludes halogenated alkanes) is 2. The van der Waals surface area contributed by atoms with Gasteiger partial charge in [0.15, 0.2) is 5.11 Å². The predicted molar refractivity (Wildman–Crippen MR) is 125 cm³/mol. The van der Waals surface area contributed by atoms with Crippen LogP contribution < -0.4 is 21.7 Å². The Morgan fingerprint density at radius 1 is 0.875 bits per heavy atom. The SMILES string of the molecule is C[C@@H]1NC(=S)N[C@@H]1CCCCCC(=O)NCCOCCOCCOCCOCCC(N)=O. The lowest BCUT2D eigenvalue weighted by molar-refractivity contribution is -0.121. The number of nitrogens with two attached hydrogens (primary N) is 1. The van der Waals surface area contributed by atoms with Crippen LogP contribution in [0.2, 0.25) is 0 Å². The molecule has 0 saturated carbocycles. The number of amides is 2. The molecule has 1 aliphatic heterocycles. The third-order valence-corrected chi connectivity index (χ3v) is 5.11. The number of hydrogen-bond donors (Lipinski definition) is 4. The Labute approximate surface area is 196 Å². The fourth-order valence-corrected chi connectivity index (χ4v) is 3.41. The number of ether oxygens (including phenoxy) is 4. The maximum absolute atomic E-state index is 11.8. The first-order valence-corrected chi connectivity index (χ1v) is 11.8. The van der Waals surface area contributed by atoms with Gasteiger partial charge in [-0.2, -0.15) is 0 Å². The number of hydrogen-bond acceptors (Lipinski definition) is 7. The summed E-state index contributed by atoms with van der Waals surface area (Å²) in [6.45, 7) is 6.17. The van der Waals surface area contributed by atoms with Crippen molar-refractivity contribution in [1.82, 2.24) is 16.0 Å². The summed E-state index contributed by atoms with van der Waals surface area (Å²) in [5.41, 5.74) is 5.00. The minimum Gasteiger partial charge on any atom is -0.379 e. The molecule has 0 spiro atoms. The fourth-order valence-electron chi connectivity index (χ4n) is 3.08. The van der Waals surface area contributed by atoms with Crippen LogP contribution >= 0.6 is 12.2 Å². The van der Waals surface area contributed by atoms with Gasteiger partial charge < -0.3 is 40.6 Å². The van der Waals surface area contributed by atoms with Crippen LogP contribution in [-0.4, -0.2) is 88.4 Å². The second-order valence-electron chi connectivity index (χ2n) is 7.63. The molecule has 0 aromatic heterocycles. The van der Waals surface area contributed by atoms with Crippen molar-refractivity contribution in [3.05, 3.63) is 0 Å². The Morgan fingerprint density at radius 3 is 2.03 bits per heavy atom. The molecule has 0 unspecified atom stereocenters. The van der Waals surface area contributed by atoms with Gasteiger partial charge in [-0.3, -0.25) is 9.59 Å². The fraction of sp³-hybridized carbons (Fsp3) is 0.857. The minimum absolute atomic E-state index is 0.0656. The second kappa shape index (κ2) is 19.0. The molecule has 2 amide bonds. The Balaban J connectivity index is 1.75. The summed E-state index contributed by atoms with van der Waals surface area (Å²) >= 11 is 5.11. The Bertz CT molecular complexity index is 540. The molecule has 1 aliphatic rings. The van der Waals surface area contributed by atoms with Gasteiger partial charge in [0.2, 0.25) is 11.8 Å². The lowest BCUT2D eigenvalue weighted by Gasteiger charge is -2.14. The molecule has 186 valence electrons. The topological polar surface area (TPSA) is 133 Å². The highest BCUT2D eigenvalue weighted by molar-refractivity contribution is 7.80. The number of carbonyl (C=O) groups excluding carboxylic acids is 2. The summed E-state index contributed by atoms with van der Waals surface area (Å²) in [5.74, 6) is -0.308. The maximum atomic E-state index is 11.8. The van der Waals surface area contributed by atoms with Gasteiger partial charge in [-0.1, -0.05) is 12.8 Å². The standard InChI is InChI=1S/C21H40N4O6S/c1-17-18(25-21(32)24-17)5-3-2-4-6-20(27)23-8-10-29-12-14-31-16-15-30-13-11-28-9-7-19(22)26/h17-18H,2-16H2,1H3,(H2,22,26)(H,23,27)(H2,24,25,32)/t17-,18+/m0/s1. The molecule has 0 aromatic carbocycles. The Morgan fingerprint density at radius 2 is 1.47 bits per heavy atom. The maximum Gasteiger partial charge on any atom is 0.220 e. The van der Waals surface area contributed by atoms with Gasteiger partial charge in [0.05, 0.1) is 52.9 Å². The number of primary amides is 1. The molecule has 0 bridgehead atoms. The molecule has 0 aliphatic carbocycles. The van der Waals surface area contributed by atoms with Crippen molar-refractivity contribution >= 4 is 29.1 Å². The van der Waals surface area contributed by atoms with E-state index in [-0.39, 0.29) is 18.2 Å². The lowest BCUT2D eigenvalue weighted by atomic mass is 10.0. The molecular weight excluding hydrogens is 436 g/mol. The van der Waals surface area contributed by atoms with Crippen LogP contribution in [0.25, 0.3) is 0 Å². The summed E-state index contributed by atoms with van der Waals surface area (Å²) in [5, 5.41) is 10.1. The first kappa shape index (κ1) is 28.5. The molecule has 10 nitrogen and oxygen atoms in total. The molecule has 0 radical (unpaired) electrons. The van der Waals surface area contributed by atoms with E-state index >= 15 is 0 Å². The van der Waals surface area contributed by atoms with Gasteiger partial charge in [-0.15, -0.1) is 0 Å². The number of thiocarbonyl (C=S) groups is 1. The zero-order valence-electron chi connectivity index (χ0n) is 19.2. The smallest absolute Gasteiger partial charge is 0.220 e. The molecule has 1 rings (SSSR count). The zero-order valence-corrected chi connectivity index (χ0v) is 20.0. The largest absolute Gasteiger partial charge is 0.379 e. The van der Waals surface area contributed by atoms with Crippen LogP contribution in [0.15, 0.2) is 0 Å². The lowest BCUT2D eigenvalue weighted by Crippen LogP contribution is -2.30. The van der Waals surface area contributed by atoms with Crippen LogP contribution in [0.1, 0.15) is 45.4 Å². The van der Waals surface area contributed by atoms with E-state index in [0.29, 0.717) is 77.9 Å². The monoisotopic (exact) mass is 476 g/mol. The van der Waals surface area contributed by atoms with Crippen molar-refractivity contribution in [1.29, 1.82) is 0 Å². The van der Waals surface area contributed by atoms with Gasteiger partial charge in [0, 0.05) is 31.5 Å². The van der Waals surface area contributed by atoms with Crippen LogP contribution in [0.4, 0.5) is 0 Å². The highest BCUT2D eigenvalue weighted by Gasteiger charge is 2.24. The molecule has 1 heterocycles. The normalized spacial score (nSPS) is 17.7. The van der Waals surface area contributed by atoms with Crippen LogP contribution in [-0.2, 0) is 28.5 Å². The van der Waals surface area contributed by atoms with Crippen molar-refractivity contribution in [3.63, 3.8) is 0 Å². The predicted octanol–water partition coefficient (Wildman–Crippen LogP) is 0.230. The van der Waals surface area contributed by atoms with E-state index in [2.05, 4.69) is 22.9 Å². The average Bonchev–Trinajstić information content (AvgIpc) is 3.07. The minimum atomic E-state index is -0.374. The van der Waals surface area contributed by atoms with Crippen LogP contribution in [0, 0.1) is 0 Å². The molecule has 2 atom stereocenters. The molecule has 1 fully saturated rings. The first-order chi connectivity index (χ1) is 15.5. The Hall–Kier alpha value is -1.53. The zero-order chi connectivity index (χ0) is 23.4. The molecule has 11 heteroatoms. The Kier molecular flexibility index (Phi) is 16.9. The van der Waals surface area contributed by atoms with Crippen LogP contribution in [0.3, 0.4) is 0 Å². The average molecular weight is 477 g/mol. The van der Waals surface area contributed by atoms with E-state index < -0.39 is 0 Å². The summed E-state index contributed by atoms with van der Waals surface area (Å²) in [6, 6.07) is 0.765. The van der Waals surface area contributed by atoms with E-state index in [1.807, 2.05) is 0 Å². The first-order valence-electron chi connectivity index (χ1n) is 11.4. The van der Waals surface area contributed by atoms with Crippen molar-refractivity contribution in [3.8, 4) is 0 Å². The second-order valence-corrected chi connectivity index (χ2v) is 8.04. The summed E-state index contributed by atoms with van der Waals surface area (Å²) in [6.07, 6.45) is 4.83. The van der Waals surface area contributed by atoms with E-state index in [1.54, 1.807) is 0 Å². The summed E-state index contributed by atoms with van der Waals surface area (Å²) in [7, 11) is 0. The quantitative estimate of drug-likeness (QED) is 0.136. The molecular formula is C21H40N4O6S. The molecule has 32 heavy (non-hydrogen) atoms. The third kappa shape index (κ3) is 16.2. The highest BCUT2D eigenvalue weighted by Crippen LogP contribution is 2.11. The van der Waals surface area contributed by atoms with Crippen LogP contribution in [0.5, 0.6) is 0 Å². The van der Waals surface area contributed by atoms with E-state index in [9.17, 15) is 9.59 Å². The van der Waals surface area contributed by atoms with Crippen molar-refractivity contribution in [2.75, 3.05) is 59.4 Å². The van der Waals surface area contributed by atoms with E-state index in [4.69, 9.17) is 36.9 Å². The van der Waals surface area contributed by atoms with E-state index in [0.717, 1.165) is 30.8 Å². The molecule has 0 aromatic rings. The van der Waals surface area contributed by atoms with Gasteiger partial charge >= 0.3 is 0 Å². The molecule has 5 N–H and O–H groups in total. The van der Waals surface area contributed by atoms with E-state index in [1.165, 1.54) is 0 Å². The number of nitrogens with one attached hydrogen (secondary N) is 3. The van der Waals surface area contributed by atoms with Crippen molar-refractivity contribution in [2.24, 2.45) is 5.73 Å². The van der Waals surface area contributed by atoms with Gasteiger partial charge in [0.1, 0.15) is 0 Å². The highest BCUT2D eigenvalue weighted by atomic mass is 32.1. The third-order valence-electron chi connectivity index (χ3n) is 4.88. The number of carbonyl (C=O) groups is 2. The van der Waals surface area contributed by atoms with Gasteiger partial charge in [-0.05, 0) is 32.0 Å². The summed E-state index contributed by atoms with van der Waals surface area (Å²) < 4.78 is 21.3. The van der Waals surface area contributed by atoms with Crippen molar-refractivity contribution < 1.29 is 28.5 Å².